The first-order valence-electron chi connectivity index (χ1n) is 19.1. The van der Waals surface area contributed by atoms with Crippen LogP contribution in [0.2, 0.25) is 0 Å². The second kappa shape index (κ2) is 11.5. The molecule has 0 amide bonds. The lowest BCUT2D eigenvalue weighted by atomic mass is 9.81. The molecule has 0 N–H and O–H groups in total. The molecule has 0 saturated carbocycles. The van der Waals surface area contributed by atoms with Gasteiger partial charge in [-0.1, -0.05) is 119 Å². The van der Waals surface area contributed by atoms with Gasteiger partial charge in [-0.15, -0.1) is 0 Å². The van der Waals surface area contributed by atoms with E-state index in [0.717, 1.165) is 33.0 Å². The van der Waals surface area contributed by atoms with E-state index >= 15 is 0 Å². The second-order valence-electron chi connectivity index (χ2n) is 12.0. The molecule has 5 aromatic carbocycles. The zero-order valence-corrected chi connectivity index (χ0v) is 25.8. The molecule has 7 aromatic rings. The van der Waals surface area contributed by atoms with Crippen molar-refractivity contribution in [1.29, 1.82) is 0 Å². The van der Waals surface area contributed by atoms with E-state index in [-0.39, 0.29) is 11.1 Å². The summed E-state index contributed by atoms with van der Waals surface area (Å²) >= 11 is 0. The molecule has 45 heavy (non-hydrogen) atoms. The summed E-state index contributed by atoms with van der Waals surface area (Å²) in [6.45, 7) is 2.23. The quantitative estimate of drug-likeness (QED) is 0.192. The van der Waals surface area contributed by atoms with Gasteiger partial charge in [0.1, 0.15) is 11.2 Å². The average molecular weight is 594 g/mol. The molecule has 0 fully saturated rings. The predicted octanol–water partition coefficient (Wildman–Crippen LogP) is 12.5. The van der Waals surface area contributed by atoms with E-state index in [4.69, 9.17) is 12.6 Å². The highest BCUT2D eigenvalue weighted by atomic mass is 16.3. The number of fused-ring (bicyclic) bond motifs is 3. The predicted molar refractivity (Wildman–Crippen MR) is 191 cm³/mol. The number of nitrogens with zero attached hydrogens (tertiary/aromatic N) is 1. The van der Waals surface area contributed by atoms with Crippen LogP contribution in [0.5, 0.6) is 0 Å². The Labute approximate surface area is 277 Å². The summed E-state index contributed by atoms with van der Waals surface area (Å²) < 4.78 is 74.4. The van der Waals surface area contributed by atoms with Gasteiger partial charge in [0.05, 0.1) is 5.69 Å². The number of furan rings is 1. The molecule has 0 aliphatic heterocycles. The van der Waals surface area contributed by atoms with E-state index in [1.807, 2.05) is 60.7 Å². The molecule has 0 saturated heterocycles. The van der Waals surface area contributed by atoms with Crippen molar-refractivity contribution >= 4 is 21.9 Å². The number of hydrogen-bond donors (Lipinski definition) is 0. The van der Waals surface area contributed by atoms with Crippen molar-refractivity contribution in [3.63, 3.8) is 0 Å². The number of rotatable bonds is 6. The number of aromatic nitrogens is 1. The largest absolute Gasteiger partial charge is 0.455 e. The first-order valence-corrected chi connectivity index (χ1v) is 15.1. The molecule has 2 heterocycles. The number of para-hydroxylation sites is 1. The molecule has 0 bridgehead atoms. The van der Waals surface area contributed by atoms with Crippen LogP contribution in [0, 0.1) is 13.7 Å². The summed E-state index contributed by atoms with van der Waals surface area (Å²) in [5.41, 5.74) is 8.08. The Morgan fingerprint density at radius 2 is 1.31 bits per heavy atom. The van der Waals surface area contributed by atoms with Gasteiger partial charge < -0.3 is 4.42 Å². The molecule has 7 rings (SSSR count). The van der Waals surface area contributed by atoms with Gasteiger partial charge in [-0.25, -0.2) is 0 Å². The van der Waals surface area contributed by atoms with Crippen molar-refractivity contribution in [2.24, 2.45) is 0 Å². The molecule has 0 aliphatic rings. The summed E-state index contributed by atoms with van der Waals surface area (Å²) in [6.07, 6.45) is 1.36. The Bertz CT molecular complexity index is 2450. The normalized spacial score (nSPS) is 15.4. The molecule has 222 valence electrons. The maximum Gasteiger partial charge on any atom is 0.144 e. The molecule has 2 nitrogen and oxygen atoms in total. The van der Waals surface area contributed by atoms with Crippen molar-refractivity contribution in [2.45, 2.75) is 53.2 Å². The lowest BCUT2D eigenvalue weighted by Gasteiger charge is -2.24. The van der Waals surface area contributed by atoms with E-state index in [0.29, 0.717) is 44.7 Å². The van der Waals surface area contributed by atoms with Crippen LogP contribution in [-0.2, 0) is 0 Å². The van der Waals surface area contributed by atoms with Gasteiger partial charge in [0.25, 0.3) is 0 Å². The van der Waals surface area contributed by atoms with Gasteiger partial charge in [0.2, 0.25) is 0 Å². The number of benzene rings is 5. The molecular formula is C43H39NO. The fourth-order valence-electron chi connectivity index (χ4n) is 6.18. The standard InChI is InChI=1S/C43H39NO/c1-26(2)37-22-33(32-18-16-31(17-19-32)30-11-8-7-9-12-30)23-38(27(3)4)42(37)39-24-40(44-25-29(39)6)36-14-10-13-35-34-20-15-28(5)21-41(34)45-43(35)36/h7-27H,1-6H3/i5D3,6D3,26D,27D. The first kappa shape index (κ1) is 20.9. The van der Waals surface area contributed by atoms with Gasteiger partial charge in [-0.2, -0.15) is 0 Å². The van der Waals surface area contributed by atoms with Crippen molar-refractivity contribution < 1.29 is 15.4 Å². The van der Waals surface area contributed by atoms with Crippen LogP contribution in [0.4, 0.5) is 0 Å². The third-order valence-corrected chi connectivity index (χ3v) is 8.49. The number of pyridine rings is 1. The minimum Gasteiger partial charge on any atom is -0.455 e. The van der Waals surface area contributed by atoms with Crippen molar-refractivity contribution in [2.75, 3.05) is 0 Å². The second-order valence-corrected chi connectivity index (χ2v) is 12.0. The maximum absolute atomic E-state index is 9.37. The van der Waals surface area contributed by atoms with Gasteiger partial charge in [0.15, 0.2) is 0 Å². The Hall–Kier alpha value is -4.95. The minimum absolute atomic E-state index is 0.0105. The van der Waals surface area contributed by atoms with Gasteiger partial charge in [-0.3, -0.25) is 4.98 Å². The van der Waals surface area contributed by atoms with Gasteiger partial charge in [-0.05, 0) is 99.3 Å². The monoisotopic (exact) mass is 593 g/mol. The fraction of sp³-hybridized carbons (Fsp3) is 0.186. The molecule has 0 spiro atoms. The molecule has 2 aromatic heterocycles. The SMILES string of the molecule is [2H]C([2H])([2H])c1ccc2c(c1)oc1c(-c3cc(-c4c(C([2H])(C)C)cc(-c5ccc(-c6ccccc6)cc5)cc4C([2H])(C)C)c(C([2H])([2H])[2H])cn3)cccc12. The van der Waals surface area contributed by atoms with Crippen LogP contribution in [0.3, 0.4) is 0 Å². The number of hydrogen-bond acceptors (Lipinski definition) is 2. The van der Waals surface area contributed by atoms with Crippen molar-refractivity contribution in [3.05, 3.63) is 138 Å². The van der Waals surface area contributed by atoms with E-state index < -0.39 is 25.5 Å². The van der Waals surface area contributed by atoms with Crippen LogP contribution in [-0.4, -0.2) is 4.98 Å². The van der Waals surface area contributed by atoms with Crippen molar-refractivity contribution in [1.82, 2.24) is 4.98 Å². The summed E-state index contributed by atoms with van der Waals surface area (Å²) in [5.74, 6) is -2.38. The van der Waals surface area contributed by atoms with Gasteiger partial charge in [0, 0.05) is 33.5 Å². The van der Waals surface area contributed by atoms with Crippen LogP contribution >= 0.6 is 0 Å². The summed E-state index contributed by atoms with van der Waals surface area (Å²) in [6, 6.07) is 34.3. The Kier molecular flexibility index (Phi) is 5.35. The zero-order chi connectivity index (χ0) is 38.1. The highest BCUT2D eigenvalue weighted by molar-refractivity contribution is 6.09. The summed E-state index contributed by atoms with van der Waals surface area (Å²) in [4.78, 5) is 4.66. The zero-order valence-electron chi connectivity index (χ0n) is 33.8. The Morgan fingerprint density at radius 3 is 1.98 bits per heavy atom. The van der Waals surface area contributed by atoms with E-state index in [1.54, 1.807) is 45.9 Å². The topological polar surface area (TPSA) is 26.0 Å². The lowest BCUT2D eigenvalue weighted by Crippen LogP contribution is -2.03. The van der Waals surface area contributed by atoms with Crippen LogP contribution < -0.4 is 0 Å². The van der Waals surface area contributed by atoms with E-state index in [9.17, 15) is 2.74 Å². The molecule has 0 atom stereocenters. The molecular weight excluding hydrogens is 546 g/mol. The van der Waals surface area contributed by atoms with E-state index in [2.05, 4.69) is 29.2 Å². The summed E-state index contributed by atoms with van der Waals surface area (Å²) in [5, 5.41) is 1.51. The van der Waals surface area contributed by atoms with E-state index in [1.165, 1.54) is 12.3 Å². The third kappa shape index (κ3) is 5.25. The highest BCUT2D eigenvalue weighted by Gasteiger charge is 2.21. The molecule has 0 unspecified atom stereocenters. The van der Waals surface area contributed by atoms with Crippen LogP contribution in [0.25, 0.3) is 66.6 Å². The maximum atomic E-state index is 9.37. The molecule has 0 radical (unpaired) electrons. The van der Waals surface area contributed by atoms with Crippen LogP contribution in [0.15, 0.2) is 120 Å². The Balaban J connectivity index is 1.47. The third-order valence-electron chi connectivity index (χ3n) is 8.49. The molecule has 2 heteroatoms. The highest BCUT2D eigenvalue weighted by Crippen LogP contribution is 2.43. The minimum atomic E-state index is -2.56. The summed E-state index contributed by atoms with van der Waals surface area (Å²) in [7, 11) is 0. The Morgan fingerprint density at radius 1 is 0.622 bits per heavy atom. The average Bonchev–Trinajstić information content (AvgIpc) is 3.48. The van der Waals surface area contributed by atoms with Gasteiger partial charge >= 0.3 is 0 Å². The number of aryl methyl sites for hydroxylation is 2. The molecule has 0 aliphatic carbocycles. The fourth-order valence-corrected chi connectivity index (χ4v) is 6.18. The van der Waals surface area contributed by atoms with Crippen LogP contribution in [0.1, 0.15) is 72.7 Å². The lowest BCUT2D eigenvalue weighted by molar-refractivity contribution is 0.669. The first-order chi connectivity index (χ1) is 24.8. The van der Waals surface area contributed by atoms with Crippen molar-refractivity contribution in [3.8, 4) is 44.6 Å². The smallest absolute Gasteiger partial charge is 0.144 e.